The summed E-state index contributed by atoms with van der Waals surface area (Å²) in [5, 5.41) is 0. The third-order valence-corrected chi connectivity index (χ3v) is 4.13. The molecule has 0 aliphatic rings. The topological polar surface area (TPSA) is 23.6 Å². The maximum atomic E-state index is 13.2. The predicted octanol–water partition coefficient (Wildman–Crippen LogP) is 4.93. The Morgan fingerprint density at radius 3 is 1.33 bits per heavy atom. The highest BCUT2D eigenvalue weighted by atomic mass is 16.2. The van der Waals surface area contributed by atoms with E-state index in [1.807, 2.05) is 46.2 Å². The Balaban J connectivity index is 2.18. The van der Waals surface area contributed by atoms with Gasteiger partial charge in [0.25, 0.3) is 0 Å². The first-order chi connectivity index (χ1) is 11.5. The van der Waals surface area contributed by atoms with Gasteiger partial charge in [-0.2, -0.15) is 0 Å². The van der Waals surface area contributed by atoms with Gasteiger partial charge in [0.2, 0.25) is 0 Å². The van der Waals surface area contributed by atoms with Crippen molar-refractivity contribution in [3.8, 4) is 0 Å². The average Bonchev–Trinajstić information content (AvgIpc) is 2.58. The molecule has 0 spiro atoms. The van der Waals surface area contributed by atoms with Crippen molar-refractivity contribution in [3.05, 3.63) is 71.8 Å². The van der Waals surface area contributed by atoms with E-state index in [4.69, 9.17) is 0 Å². The highest BCUT2D eigenvalue weighted by Gasteiger charge is 2.25. The van der Waals surface area contributed by atoms with Crippen molar-refractivity contribution in [2.75, 3.05) is 0 Å². The zero-order valence-electron chi connectivity index (χ0n) is 15.1. The summed E-state index contributed by atoms with van der Waals surface area (Å²) in [6.07, 6.45) is 0. The van der Waals surface area contributed by atoms with Gasteiger partial charge in [-0.15, -0.1) is 0 Å². The monoisotopic (exact) mass is 324 g/mol. The quantitative estimate of drug-likeness (QED) is 0.739. The summed E-state index contributed by atoms with van der Waals surface area (Å²) in [5.74, 6) is 0. The molecule has 0 saturated carbocycles. The maximum Gasteiger partial charge on any atom is 0.321 e. The summed E-state index contributed by atoms with van der Waals surface area (Å²) in [6, 6.07) is 20.7. The van der Waals surface area contributed by atoms with Crippen molar-refractivity contribution >= 4 is 6.03 Å². The van der Waals surface area contributed by atoms with Crippen molar-refractivity contribution in [2.45, 2.75) is 52.9 Å². The summed E-state index contributed by atoms with van der Waals surface area (Å²) in [6.45, 7) is 9.55. The second-order valence-electron chi connectivity index (χ2n) is 6.70. The number of urea groups is 1. The first kappa shape index (κ1) is 18.1. The molecule has 0 aliphatic heterocycles. The summed E-state index contributed by atoms with van der Waals surface area (Å²) in [4.78, 5) is 17.1. The SMILES string of the molecule is CC(C)N(Cc1ccccc1)C(=O)N(Cc1ccccc1)C(C)C. The molecule has 0 radical (unpaired) electrons. The number of carbonyl (C=O) groups is 1. The minimum Gasteiger partial charge on any atom is -0.318 e. The molecular formula is C21H28N2O. The van der Waals surface area contributed by atoms with Crippen LogP contribution in [0.2, 0.25) is 0 Å². The fourth-order valence-corrected chi connectivity index (χ4v) is 2.67. The van der Waals surface area contributed by atoms with Crippen LogP contribution in [0, 0.1) is 0 Å². The normalized spacial score (nSPS) is 10.9. The largest absolute Gasteiger partial charge is 0.321 e. The number of amides is 2. The molecule has 0 N–H and O–H groups in total. The molecule has 0 bridgehead atoms. The van der Waals surface area contributed by atoms with Crippen LogP contribution < -0.4 is 0 Å². The molecule has 0 fully saturated rings. The first-order valence-corrected chi connectivity index (χ1v) is 8.64. The summed E-state index contributed by atoms with van der Waals surface area (Å²) in [7, 11) is 0. The van der Waals surface area contributed by atoms with Gasteiger partial charge in [-0.25, -0.2) is 4.79 Å². The van der Waals surface area contributed by atoms with Crippen molar-refractivity contribution in [2.24, 2.45) is 0 Å². The fraction of sp³-hybridized carbons (Fsp3) is 0.381. The molecule has 2 rings (SSSR count). The molecule has 0 aliphatic carbocycles. The molecule has 3 nitrogen and oxygen atoms in total. The van der Waals surface area contributed by atoms with Gasteiger partial charge in [0, 0.05) is 25.2 Å². The highest BCUT2D eigenvalue weighted by molar-refractivity contribution is 5.75. The van der Waals surface area contributed by atoms with Crippen LogP contribution in [-0.4, -0.2) is 27.9 Å². The van der Waals surface area contributed by atoms with Crippen LogP contribution in [0.15, 0.2) is 60.7 Å². The Hall–Kier alpha value is -2.29. The lowest BCUT2D eigenvalue weighted by molar-refractivity contribution is 0.122. The van der Waals surface area contributed by atoms with Gasteiger partial charge < -0.3 is 9.80 Å². The summed E-state index contributed by atoms with van der Waals surface area (Å²) >= 11 is 0. The Morgan fingerprint density at radius 2 is 1.04 bits per heavy atom. The molecule has 128 valence electrons. The Labute approximate surface area is 145 Å². The van der Waals surface area contributed by atoms with E-state index in [0.717, 1.165) is 11.1 Å². The van der Waals surface area contributed by atoms with Gasteiger partial charge in [-0.05, 0) is 38.8 Å². The second-order valence-corrected chi connectivity index (χ2v) is 6.70. The molecule has 2 amide bonds. The Bertz CT molecular complexity index is 567. The number of carbonyl (C=O) groups excluding carboxylic acids is 1. The standard InChI is InChI=1S/C21H28N2O/c1-17(2)22(15-19-11-7-5-8-12-19)21(24)23(18(3)4)16-20-13-9-6-10-14-20/h5-14,17-18H,15-16H2,1-4H3. The average molecular weight is 324 g/mol. The Morgan fingerprint density at radius 1 is 0.708 bits per heavy atom. The van der Waals surface area contributed by atoms with Crippen LogP contribution in [-0.2, 0) is 13.1 Å². The first-order valence-electron chi connectivity index (χ1n) is 8.64. The van der Waals surface area contributed by atoms with E-state index in [1.165, 1.54) is 0 Å². The zero-order valence-corrected chi connectivity index (χ0v) is 15.1. The van der Waals surface area contributed by atoms with E-state index in [-0.39, 0.29) is 18.1 Å². The van der Waals surface area contributed by atoms with E-state index in [1.54, 1.807) is 0 Å². The van der Waals surface area contributed by atoms with E-state index >= 15 is 0 Å². The lowest BCUT2D eigenvalue weighted by Crippen LogP contribution is -2.48. The number of benzene rings is 2. The molecular weight excluding hydrogens is 296 g/mol. The third kappa shape index (κ3) is 4.85. The highest BCUT2D eigenvalue weighted by Crippen LogP contribution is 2.16. The molecule has 24 heavy (non-hydrogen) atoms. The van der Waals surface area contributed by atoms with Crippen LogP contribution in [0.3, 0.4) is 0 Å². The molecule has 0 saturated heterocycles. The summed E-state index contributed by atoms with van der Waals surface area (Å²) in [5.41, 5.74) is 2.31. The van der Waals surface area contributed by atoms with E-state index in [2.05, 4.69) is 52.0 Å². The van der Waals surface area contributed by atoms with Gasteiger partial charge in [-0.3, -0.25) is 0 Å². The number of hydrogen-bond acceptors (Lipinski definition) is 1. The van der Waals surface area contributed by atoms with E-state index in [9.17, 15) is 4.79 Å². The van der Waals surface area contributed by atoms with Crippen molar-refractivity contribution < 1.29 is 4.79 Å². The van der Waals surface area contributed by atoms with Crippen LogP contribution in [0.4, 0.5) is 4.79 Å². The number of rotatable bonds is 6. The van der Waals surface area contributed by atoms with Gasteiger partial charge in [0.1, 0.15) is 0 Å². The molecule has 0 atom stereocenters. The fourth-order valence-electron chi connectivity index (χ4n) is 2.67. The molecule has 3 heteroatoms. The van der Waals surface area contributed by atoms with Crippen LogP contribution in [0.5, 0.6) is 0 Å². The zero-order chi connectivity index (χ0) is 17.5. The third-order valence-electron chi connectivity index (χ3n) is 4.13. The number of nitrogens with zero attached hydrogens (tertiary/aromatic N) is 2. The van der Waals surface area contributed by atoms with E-state index < -0.39 is 0 Å². The molecule has 0 heterocycles. The summed E-state index contributed by atoms with van der Waals surface area (Å²) < 4.78 is 0. The molecule has 0 unspecified atom stereocenters. The van der Waals surface area contributed by atoms with Crippen LogP contribution in [0.25, 0.3) is 0 Å². The van der Waals surface area contributed by atoms with Crippen molar-refractivity contribution in [1.82, 2.24) is 9.80 Å². The van der Waals surface area contributed by atoms with Crippen LogP contribution >= 0.6 is 0 Å². The molecule has 0 aromatic heterocycles. The van der Waals surface area contributed by atoms with Crippen LogP contribution in [0.1, 0.15) is 38.8 Å². The molecule has 2 aromatic rings. The smallest absolute Gasteiger partial charge is 0.318 e. The minimum atomic E-state index is 0.0905. The van der Waals surface area contributed by atoms with Crippen molar-refractivity contribution in [1.29, 1.82) is 0 Å². The minimum absolute atomic E-state index is 0.0905. The van der Waals surface area contributed by atoms with Gasteiger partial charge in [0.15, 0.2) is 0 Å². The Kier molecular flexibility index (Phi) is 6.42. The van der Waals surface area contributed by atoms with Gasteiger partial charge >= 0.3 is 6.03 Å². The number of hydrogen-bond donors (Lipinski definition) is 0. The van der Waals surface area contributed by atoms with Crippen molar-refractivity contribution in [3.63, 3.8) is 0 Å². The van der Waals surface area contributed by atoms with Gasteiger partial charge in [0.05, 0.1) is 0 Å². The predicted molar refractivity (Wildman–Crippen MR) is 99.6 cm³/mol. The molecule has 2 aromatic carbocycles. The van der Waals surface area contributed by atoms with E-state index in [0.29, 0.717) is 13.1 Å². The lowest BCUT2D eigenvalue weighted by Gasteiger charge is -2.35. The second kappa shape index (κ2) is 8.53. The lowest BCUT2D eigenvalue weighted by atomic mass is 10.1. The maximum absolute atomic E-state index is 13.2. The van der Waals surface area contributed by atoms with Gasteiger partial charge in [-0.1, -0.05) is 60.7 Å².